The number of benzene rings is 1. The van der Waals surface area contributed by atoms with Crippen LogP contribution >= 0.6 is 22.9 Å². The Kier molecular flexibility index (Phi) is 4.29. The second-order valence-corrected chi connectivity index (χ2v) is 8.04. The van der Waals surface area contributed by atoms with Crippen LogP contribution in [-0.2, 0) is 32.7 Å². The van der Waals surface area contributed by atoms with E-state index in [1.807, 2.05) is 12.1 Å². The maximum Gasteiger partial charge on any atom is 0.317 e. The fraction of sp³-hybridized carbons (Fsp3) is 0.368. The van der Waals surface area contributed by atoms with Crippen LogP contribution in [0.25, 0.3) is 0 Å². The van der Waals surface area contributed by atoms with Crippen LogP contribution in [0, 0.1) is 0 Å². The van der Waals surface area contributed by atoms with Crippen LogP contribution in [0.5, 0.6) is 0 Å². The minimum Gasteiger partial charge on any atom is -0.455 e. The third-order valence-electron chi connectivity index (χ3n) is 5.02. The molecule has 0 atom stereocenters. The molecule has 0 radical (unpaired) electrons. The molecule has 1 aromatic heterocycles. The average Bonchev–Trinajstić information content (AvgIpc) is 3.30. The van der Waals surface area contributed by atoms with E-state index < -0.39 is 5.41 Å². The highest BCUT2D eigenvalue weighted by Gasteiger charge is 2.53. The van der Waals surface area contributed by atoms with Crippen molar-refractivity contribution >= 4 is 34.8 Å². The molecule has 4 rings (SSSR count). The molecule has 2 heterocycles. The molecular formula is C19H18ClNO3S. The number of hydrogen-bond donors (Lipinski definition) is 0. The first kappa shape index (κ1) is 16.6. The fourth-order valence-corrected chi connectivity index (χ4v) is 4.34. The van der Waals surface area contributed by atoms with Crippen molar-refractivity contribution in [3.8, 4) is 0 Å². The van der Waals surface area contributed by atoms with Crippen LogP contribution < -0.4 is 0 Å². The number of halogens is 1. The van der Waals surface area contributed by atoms with Gasteiger partial charge in [-0.2, -0.15) is 0 Å². The normalized spacial score (nSPS) is 17.7. The predicted molar refractivity (Wildman–Crippen MR) is 96.8 cm³/mol. The van der Waals surface area contributed by atoms with E-state index in [2.05, 4.69) is 11.4 Å². The summed E-state index contributed by atoms with van der Waals surface area (Å²) in [5.41, 5.74) is 1.53. The van der Waals surface area contributed by atoms with Gasteiger partial charge in [-0.1, -0.05) is 23.7 Å². The standard InChI is InChI=1S/C19H18ClNO3S/c20-15-3-1-14(2-4-15)19(7-8-19)18(23)24-12-17(22)21-9-5-16-13(11-21)6-10-25-16/h1-4,6,10H,5,7-9,11-12H2. The van der Waals surface area contributed by atoms with E-state index in [0.29, 0.717) is 18.1 Å². The van der Waals surface area contributed by atoms with Gasteiger partial charge in [0.15, 0.2) is 6.61 Å². The Morgan fingerprint density at radius 2 is 1.96 bits per heavy atom. The summed E-state index contributed by atoms with van der Waals surface area (Å²) < 4.78 is 5.38. The first-order valence-corrected chi connectivity index (χ1v) is 9.60. The zero-order valence-corrected chi connectivity index (χ0v) is 15.2. The number of carbonyl (C=O) groups excluding carboxylic acids is 2. The van der Waals surface area contributed by atoms with Gasteiger partial charge in [0.05, 0.1) is 5.41 Å². The van der Waals surface area contributed by atoms with E-state index in [9.17, 15) is 9.59 Å². The second-order valence-electron chi connectivity index (χ2n) is 6.60. The second kappa shape index (κ2) is 6.46. The lowest BCUT2D eigenvalue weighted by Crippen LogP contribution is -2.39. The van der Waals surface area contributed by atoms with Gasteiger partial charge < -0.3 is 9.64 Å². The molecule has 0 spiro atoms. The zero-order valence-electron chi connectivity index (χ0n) is 13.7. The first-order valence-electron chi connectivity index (χ1n) is 8.35. The van der Waals surface area contributed by atoms with Crippen molar-refractivity contribution < 1.29 is 14.3 Å². The zero-order chi connectivity index (χ0) is 17.4. The highest BCUT2D eigenvalue weighted by molar-refractivity contribution is 7.10. The van der Waals surface area contributed by atoms with Crippen molar-refractivity contribution in [1.82, 2.24) is 4.90 Å². The van der Waals surface area contributed by atoms with E-state index in [4.69, 9.17) is 16.3 Å². The van der Waals surface area contributed by atoms with Gasteiger partial charge in [0.1, 0.15) is 0 Å². The number of hydrogen-bond acceptors (Lipinski definition) is 4. The molecule has 0 saturated heterocycles. The van der Waals surface area contributed by atoms with E-state index in [-0.39, 0.29) is 18.5 Å². The summed E-state index contributed by atoms with van der Waals surface area (Å²) in [5, 5.41) is 2.70. The molecule has 1 fully saturated rings. The largest absolute Gasteiger partial charge is 0.455 e. The number of fused-ring (bicyclic) bond motifs is 1. The SMILES string of the molecule is O=C(COC(=O)C1(c2ccc(Cl)cc2)CC1)N1CCc2sccc2C1. The smallest absolute Gasteiger partial charge is 0.317 e. The van der Waals surface area contributed by atoms with Gasteiger partial charge in [-0.25, -0.2) is 0 Å². The summed E-state index contributed by atoms with van der Waals surface area (Å²) >= 11 is 7.65. The molecule has 2 aromatic rings. The molecule has 6 heteroatoms. The number of carbonyl (C=O) groups is 2. The van der Waals surface area contributed by atoms with Gasteiger partial charge in [-0.05, 0) is 54.0 Å². The molecule has 1 aliphatic carbocycles. The van der Waals surface area contributed by atoms with Crippen LogP contribution in [0.15, 0.2) is 35.7 Å². The Balaban J connectivity index is 1.36. The summed E-state index contributed by atoms with van der Waals surface area (Å²) in [4.78, 5) is 28.0. The third-order valence-corrected chi connectivity index (χ3v) is 6.30. The summed E-state index contributed by atoms with van der Waals surface area (Å²) in [7, 11) is 0. The number of amides is 1. The monoisotopic (exact) mass is 375 g/mol. The Bertz CT molecular complexity index is 810. The number of rotatable bonds is 4. The molecule has 1 amide bonds. The molecule has 130 valence electrons. The van der Waals surface area contributed by atoms with E-state index >= 15 is 0 Å². The van der Waals surface area contributed by atoms with Gasteiger partial charge in [0.25, 0.3) is 5.91 Å². The minimum absolute atomic E-state index is 0.128. The van der Waals surface area contributed by atoms with Crippen LogP contribution in [-0.4, -0.2) is 29.9 Å². The first-order chi connectivity index (χ1) is 12.1. The fourth-order valence-electron chi connectivity index (χ4n) is 3.32. The topological polar surface area (TPSA) is 46.6 Å². The molecule has 0 N–H and O–H groups in total. The van der Waals surface area contributed by atoms with E-state index in [1.54, 1.807) is 28.4 Å². The lowest BCUT2D eigenvalue weighted by Gasteiger charge is -2.27. The number of thiophene rings is 1. The van der Waals surface area contributed by atoms with Crippen molar-refractivity contribution in [3.05, 3.63) is 56.7 Å². The summed E-state index contributed by atoms with van der Waals surface area (Å²) in [6, 6.07) is 9.34. The van der Waals surface area contributed by atoms with Crippen molar-refractivity contribution in [3.63, 3.8) is 0 Å². The van der Waals surface area contributed by atoms with Gasteiger partial charge in [0.2, 0.25) is 0 Å². The summed E-state index contributed by atoms with van der Waals surface area (Å²) in [6.45, 7) is 1.11. The molecule has 25 heavy (non-hydrogen) atoms. The van der Waals surface area contributed by atoms with Crippen LogP contribution in [0.1, 0.15) is 28.8 Å². The maximum atomic E-state index is 12.5. The summed E-state index contributed by atoms with van der Waals surface area (Å²) in [6.07, 6.45) is 2.38. The van der Waals surface area contributed by atoms with Crippen molar-refractivity contribution in [2.45, 2.75) is 31.2 Å². The van der Waals surface area contributed by atoms with Crippen molar-refractivity contribution in [2.75, 3.05) is 13.2 Å². The van der Waals surface area contributed by atoms with Crippen molar-refractivity contribution in [1.29, 1.82) is 0 Å². The average molecular weight is 376 g/mol. The highest BCUT2D eigenvalue weighted by Crippen LogP contribution is 2.49. The molecule has 0 bridgehead atoms. The van der Waals surface area contributed by atoms with Crippen LogP contribution in [0.2, 0.25) is 5.02 Å². The lowest BCUT2D eigenvalue weighted by atomic mass is 9.96. The lowest BCUT2D eigenvalue weighted by molar-refractivity contribution is -0.154. The molecular weight excluding hydrogens is 358 g/mol. The third kappa shape index (κ3) is 3.18. The Morgan fingerprint density at radius 3 is 2.68 bits per heavy atom. The predicted octanol–water partition coefficient (Wildman–Crippen LogP) is 3.56. The quantitative estimate of drug-likeness (QED) is 0.767. The molecule has 0 unspecified atom stereocenters. The molecule has 1 aromatic carbocycles. The number of ether oxygens (including phenoxy) is 1. The van der Waals surface area contributed by atoms with Gasteiger partial charge in [0, 0.05) is 23.0 Å². The highest BCUT2D eigenvalue weighted by atomic mass is 35.5. The van der Waals surface area contributed by atoms with E-state index in [1.165, 1.54) is 10.4 Å². The van der Waals surface area contributed by atoms with Crippen molar-refractivity contribution in [2.24, 2.45) is 0 Å². The maximum absolute atomic E-state index is 12.5. The minimum atomic E-state index is -0.590. The van der Waals surface area contributed by atoms with Gasteiger partial charge >= 0.3 is 5.97 Å². The van der Waals surface area contributed by atoms with Gasteiger partial charge in [-0.15, -0.1) is 11.3 Å². The number of nitrogens with zero attached hydrogens (tertiary/aromatic N) is 1. The Morgan fingerprint density at radius 1 is 1.20 bits per heavy atom. The summed E-state index contributed by atoms with van der Waals surface area (Å²) in [5.74, 6) is -0.437. The molecule has 4 nitrogen and oxygen atoms in total. The molecule has 1 aliphatic heterocycles. The number of esters is 1. The molecule has 1 saturated carbocycles. The van der Waals surface area contributed by atoms with Gasteiger partial charge in [-0.3, -0.25) is 9.59 Å². The van der Waals surface area contributed by atoms with Crippen LogP contribution in [0.4, 0.5) is 0 Å². The molecule has 2 aliphatic rings. The van der Waals surface area contributed by atoms with E-state index in [0.717, 1.165) is 24.8 Å². The Labute approximate surface area is 155 Å². The Hall–Kier alpha value is -1.85. The van der Waals surface area contributed by atoms with Crippen LogP contribution in [0.3, 0.4) is 0 Å².